The number of nitro benzene ring substituents is 1. The number of hydrogen-bond donors (Lipinski definition) is 0. The van der Waals surface area contributed by atoms with Crippen molar-refractivity contribution in [3.05, 3.63) is 44.9 Å². The number of imide groups is 1. The van der Waals surface area contributed by atoms with Gasteiger partial charge in [0.25, 0.3) is 5.69 Å². The first-order chi connectivity index (χ1) is 11.5. The van der Waals surface area contributed by atoms with Crippen LogP contribution >= 0.6 is 15.9 Å². The third-order valence-electron chi connectivity index (χ3n) is 6.24. The third kappa shape index (κ3) is 1.51. The van der Waals surface area contributed by atoms with Crippen molar-refractivity contribution in [2.45, 2.75) is 12.8 Å². The highest BCUT2D eigenvalue weighted by molar-refractivity contribution is 9.10. The summed E-state index contributed by atoms with van der Waals surface area (Å²) < 4.78 is 0.389. The van der Waals surface area contributed by atoms with Crippen LogP contribution in [0.3, 0.4) is 0 Å². The summed E-state index contributed by atoms with van der Waals surface area (Å²) >= 11 is 3.27. The van der Waals surface area contributed by atoms with Crippen molar-refractivity contribution in [2.75, 3.05) is 4.90 Å². The lowest BCUT2D eigenvalue weighted by molar-refractivity contribution is -0.384. The van der Waals surface area contributed by atoms with Crippen LogP contribution in [0.5, 0.6) is 0 Å². The van der Waals surface area contributed by atoms with E-state index in [0.29, 0.717) is 10.2 Å². The number of rotatable bonds is 2. The van der Waals surface area contributed by atoms with Crippen LogP contribution in [-0.2, 0) is 9.59 Å². The van der Waals surface area contributed by atoms with E-state index in [1.807, 2.05) is 0 Å². The van der Waals surface area contributed by atoms with Crippen LogP contribution in [0.15, 0.2) is 34.8 Å². The summed E-state index contributed by atoms with van der Waals surface area (Å²) in [5.41, 5.74) is 0.484. The molecule has 24 heavy (non-hydrogen) atoms. The average molecular weight is 389 g/mol. The zero-order valence-electron chi connectivity index (χ0n) is 12.5. The van der Waals surface area contributed by atoms with Gasteiger partial charge in [-0.15, -0.1) is 0 Å². The molecule has 4 atom stereocenters. The first-order valence-electron chi connectivity index (χ1n) is 7.96. The maximum atomic E-state index is 13.0. The van der Waals surface area contributed by atoms with Crippen LogP contribution in [0.25, 0.3) is 0 Å². The van der Waals surface area contributed by atoms with E-state index in [-0.39, 0.29) is 46.6 Å². The lowest BCUT2D eigenvalue weighted by Gasteiger charge is -2.22. The largest absolute Gasteiger partial charge is 0.274 e. The highest BCUT2D eigenvalue weighted by atomic mass is 79.9. The number of nitro groups is 1. The Hall–Kier alpha value is -2.02. The van der Waals surface area contributed by atoms with E-state index >= 15 is 0 Å². The molecule has 1 aliphatic heterocycles. The predicted molar refractivity (Wildman–Crippen MR) is 88.1 cm³/mol. The fourth-order valence-corrected chi connectivity index (χ4v) is 5.65. The molecular weight excluding hydrogens is 376 g/mol. The van der Waals surface area contributed by atoms with Crippen molar-refractivity contribution in [1.82, 2.24) is 0 Å². The Morgan fingerprint density at radius 1 is 1.12 bits per heavy atom. The summed E-state index contributed by atoms with van der Waals surface area (Å²) in [6, 6.07) is 4.13. The van der Waals surface area contributed by atoms with Gasteiger partial charge in [0.2, 0.25) is 11.8 Å². The molecular formula is C17H13BrN2O4. The number of carbonyl (C=O) groups is 2. The monoisotopic (exact) mass is 388 g/mol. The molecule has 0 N–H and O–H groups in total. The van der Waals surface area contributed by atoms with Gasteiger partial charge in [-0.2, -0.15) is 0 Å². The Bertz CT molecular complexity index is 826. The van der Waals surface area contributed by atoms with Crippen LogP contribution < -0.4 is 4.90 Å². The SMILES string of the molecule is O=C1[C@@H]2[C@H](C(=O)N1c1ccc([N+](=O)[O-])cc1Br)[C@H]1C=C[C@@H]2C12CC2. The van der Waals surface area contributed by atoms with Gasteiger partial charge in [-0.25, -0.2) is 4.90 Å². The summed E-state index contributed by atoms with van der Waals surface area (Å²) in [6.07, 6.45) is 6.45. The van der Waals surface area contributed by atoms with Crippen molar-refractivity contribution in [3.63, 3.8) is 0 Å². The molecule has 2 saturated carbocycles. The minimum Gasteiger partial charge on any atom is -0.274 e. The van der Waals surface area contributed by atoms with E-state index in [4.69, 9.17) is 0 Å². The second-order valence-corrected chi connectivity index (χ2v) is 7.98. The number of nitrogens with zero attached hydrogens (tertiary/aromatic N) is 2. The fourth-order valence-electron chi connectivity index (χ4n) is 5.11. The third-order valence-corrected chi connectivity index (χ3v) is 6.87. The van der Waals surface area contributed by atoms with E-state index in [9.17, 15) is 19.7 Å². The number of amides is 2. The van der Waals surface area contributed by atoms with Gasteiger partial charge in [-0.05, 0) is 52.1 Å². The van der Waals surface area contributed by atoms with Crippen LogP contribution in [0, 0.1) is 39.2 Å². The normalized spacial score (nSPS) is 34.3. The van der Waals surface area contributed by atoms with Gasteiger partial charge < -0.3 is 0 Å². The molecule has 4 aliphatic rings. The predicted octanol–water partition coefficient (Wildman–Crippen LogP) is 3.06. The molecule has 0 radical (unpaired) electrons. The molecule has 1 aromatic rings. The average Bonchev–Trinajstić information content (AvgIpc) is 3.14. The molecule has 2 bridgehead atoms. The summed E-state index contributed by atoms with van der Waals surface area (Å²) in [5.74, 6) is -0.518. The molecule has 7 heteroatoms. The summed E-state index contributed by atoms with van der Waals surface area (Å²) in [5, 5.41) is 10.9. The van der Waals surface area contributed by atoms with Gasteiger partial charge in [0.15, 0.2) is 0 Å². The van der Waals surface area contributed by atoms with Gasteiger partial charge >= 0.3 is 0 Å². The molecule has 5 rings (SSSR count). The van der Waals surface area contributed by atoms with E-state index in [1.165, 1.54) is 23.1 Å². The highest BCUT2D eigenvalue weighted by Crippen LogP contribution is 2.73. The molecule has 1 spiro atoms. The van der Waals surface area contributed by atoms with Crippen molar-refractivity contribution < 1.29 is 14.5 Å². The summed E-state index contributed by atoms with van der Waals surface area (Å²) in [7, 11) is 0. The Labute approximate surface area is 145 Å². The number of fused-ring (bicyclic) bond motifs is 3. The quantitative estimate of drug-likeness (QED) is 0.337. The molecule has 122 valence electrons. The van der Waals surface area contributed by atoms with E-state index in [1.54, 1.807) is 0 Å². The minimum atomic E-state index is -0.502. The van der Waals surface area contributed by atoms with Gasteiger partial charge in [0.05, 0.1) is 22.4 Å². The van der Waals surface area contributed by atoms with Gasteiger partial charge in [-0.3, -0.25) is 19.7 Å². The Morgan fingerprint density at radius 3 is 2.17 bits per heavy atom. The summed E-state index contributed by atoms with van der Waals surface area (Å²) in [6.45, 7) is 0. The number of allylic oxidation sites excluding steroid dienone is 2. The minimum absolute atomic E-state index is 0.0800. The van der Waals surface area contributed by atoms with Gasteiger partial charge in [0.1, 0.15) is 0 Å². The maximum absolute atomic E-state index is 13.0. The molecule has 1 aromatic carbocycles. The topological polar surface area (TPSA) is 80.5 Å². The smallest absolute Gasteiger partial charge is 0.270 e. The van der Waals surface area contributed by atoms with Crippen molar-refractivity contribution in [3.8, 4) is 0 Å². The second kappa shape index (κ2) is 4.33. The molecule has 1 saturated heterocycles. The zero-order chi connectivity index (χ0) is 16.8. The van der Waals surface area contributed by atoms with E-state index in [2.05, 4.69) is 28.1 Å². The molecule has 1 heterocycles. The number of halogens is 1. The second-order valence-electron chi connectivity index (χ2n) is 7.13. The lowest BCUT2D eigenvalue weighted by Crippen LogP contribution is -2.35. The zero-order valence-corrected chi connectivity index (χ0v) is 14.1. The highest BCUT2D eigenvalue weighted by Gasteiger charge is 2.73. The van der Waals surface area contributed by atoms with E-state index in [0.717, 1.165) is 12.8 Å². The lowest BCUT2D eigenvalue weighted by atomic mass is 9.85. The molecule has 0 aromatic heterocycles. The van der Waals surface area contributed by atoms with Gasteiger partial charge in [-0.1, -0.05) is 12.2 Å². The number of benzene rings is 1. The molecule has 0 unspecified atom stereocenters. The number of hydrogen-bond acceptors (Lipinski definition) is 4. The van der Waals surface area contributed by atoms with Crippen LogP contribution in [0.2, 0.25) is 0 Å². The van der Waals surface area contributed by atoms with E-state index < -0.39 is 4.92 Å². The van der Waals surface area contributed by atoms with Crippen LogP contribution in [0.4, 0.5) is 11.4 Å². The standard InChI is InChI=1S/C17H13BrN2O4/c18-11-7-8(20(23)24)1-4-12(11)19-15(21)13-9-2-3-10(14(13)16(19)22)17(9)5-6-17/h1-4,7,9-10,13-14H,5-6H2/t9-,10+,13-,14+. The number of anilines is 1. The number of carbonyl (C=O) groups excluding carboxylic acids is 2. The Kier molecular flexibility index (Phi) is 2.59. The Balaban J connectivity index is 1.55. The molecule has 3 aliphatic carbocycles. The first-order valence-corrected chi connectivity index (χ1v) is 8.75. The van der Waals surface area contributed by atoms with Crippen LogP contribution in [0.1, 0.15) is 12.8 Å². The Morgan fingerprint density at radius 2 is 1.71 bits per heavy atom. The number of non-ortho nitro benzene ring substituents is 1. The summed E-state index contributed by atoms with van der Waals surface area (Å²) in [4.78, 5) is 37.6. The van der Waals surface area contributed by atoms with Crippen LogP contribution in [-0.4, -0.2) is 16.7 Å². The van der Waals surface area contributed by atoms with Gasteiger partial charge in [0, 0.05) is 16.6 Å². The van der Waals surface area contributed by atoms with Crippen molar-refractivity contribution >= 4 is 39.1 Å². The van der Waals surface area contributed by atoms with Crippen molar-refractivity contribution in [1.29, 1.82) is 0 Å². The first kappa shape index (κ1) is 14.3. The van der Waals surface area contributed by atoms with Crippen molar-refractivity contribution in [2.24, 2.45) is 29.1 Å². The molecule has 6 nitrogen and oxygen atoms in total. The fraction of sp³-hybridized carbons (Fsp3) is 0.412. The maximum Gasteiger partial charge on any atom is 0.270 e. The molecule has 2 amide bonds. The molecule has 3 fully saturated rings.